The molecule has 0 radical (unpaired) electrons. The molecule has 0 saturated heterocycles. The van der Waals surface area contributed by atoms with Crippen molar-refractivity contribution in [1.82, 2.24) is 24.7 Å². The van der Waals surface area contributed by atoms with Crippen molar-refractivity contribution in [3.8, 4) is 23.0 Å². The molecule has 0 atom stereocenters. The molecule has 0 unspecified atom stereocenters. The first-order valence-electron chi connectivity index (χ1n) is 8.46. The molecule has 3 aromatic heterocycles. The van der Waals surface area contributed by atoms with Gasteiger partial charge in [0.1, 0.15) is 17.3 Å². The molecule has 1 fully saturated rings. The van der Waals surface area contributed by atoms with Crippen molar-refractivity contribution in [3.05, 3.63) is 48.7 Å². The van der Waals surface area contributed by atoms with Crippen LogP contribution in [0.2, 0.25) is 0 Å². The minimum absolute atomic E-state index is 0.250. The molecule has 3 heterocycles. The van der Waals surface area contributed by atoms with Gasteiger partial charge >= 0.3 is 0 Å². The van der Waals surface area contributed by atoms with E-state index in [4.69, 9.17) is 10.5 Å². The topological polar surface area (TPSA) is 91.7 Å². The van der Waals surface area contributed by atoms with Crippen LogP contribution in [0, 0.1) is 0 Å². The van der Waals surface area contributed by atoms with E-state index in [2.05, 4.69) is 24.7 Å². The number of aromatic nitrogens is 5. The number of rotatable bonds is 5. The number of hydrogen-bond donors (Lipinski definition) is 1. The zero-order valence-electron chi connectivity index (χ0n) is 14.0. The van der Waals surface area contributed by atoms with Gasteiger partial charge in [-0.25, -0.2) is 4.98 Å². The molecule has 0 bridgehead atoms. The summed E-state index contributed by atoms with van der Waals surface area (Å²) in [6.45, 7) is 2.56. The highest BCUT2D eigenvalue weighted by Gasteiger charge is 2.33. The van der Waals surface area contributed by atoms with Crippen LogP contribution in [-0.2, 0) is 0 Å². The van der Waals surface area contributed by atoms with E-state index in [1.807, 2.05) is 31.2 Å². The number of nitrogens with two attached hydrogens (primary N) is 1. The van der Waals surface area contributed by atoms with Crippen LogP contribution in [0.4, 0.5) is 0 Å². The van der Waals surface area contributed by atoms with Crippen LogP contribution in [0.5, 0.6) is 5.75 Å². The van der Waals surface area contributed by atoms with E-state index in [1.165, 1.54) is 0 Å². The van der Waals surface area contributed by atoms with E-state index < -0.39 is 0 Å². The minimum atomic E-state index is 0.250. The van der Waals surface area contributed by atoms with Gasteiger partial charge in [-0.1, -0.05) is 0 Å². The average molecular weight is 336 g/mol. The lowest BCUT2D eigenvalue weighted by molar-refractivity contribution is 0.335. The van der Waals surface area contributed by atoms with E-state index in [-0.39, 0.29) is 6.04 Å². The van der Waals surface area contributed by atoms with Crippen molar-refractivity contribution in [2.75, 3.05) is 6.61 Å². The lowest BCUT2D eigenvalue weighted by atomic mass is 9.80. The molecule has 7 nitrogen and oxygen atoms in total. The summed E-state index contributed by atoms with van der Waals surface area (Å²) < 4.78 is 7.52. The van der Waals surface area contributed by atoms with Crippen LogP contribution in [0.3, 0.4) is 0 Å². The van der Waals surface area contributed by atoms with Crippen LogP contribution in [0.1, 0.15) is 31.5 Å². The molecule has 0 aromatic carbocycles. The molecule has 3 aromatic rings. The molecule has 1 saturated carbocycles. The molecule has 25 heavy (non-hydrogen) atoms. The zero-order chi connectivity index (χ0) is 17.2. The van der Waals surface area contributed by atoms with Crippen molar-refractivity contribution in [1.29, 1.82) is 0 Å². The Morgan fingerprint density at radius 3 is 2.60 bits per heavy atom. The SMILES string of the molecule is CCOc1ccc(-c2nnc([C@H]3C[C@H](N)C3)n2-c2ccncc2)nc1. The summed E-state index contributed by atoms with van der Waals surface area (Å²) in [5, 5.41) is 8.86. The second-order valence-corrected chi connectivity index (χ2v) is 6.16. The maximum absolute atomic E-state index is 5.96. The molecule has 4 rings (SSSR count). The Kier molecular flexibility index (Phi) is 4.15. The molecule has 0 aliphatic heterocycles. The smallest absolute Gasteiger partial charge is 0.187 e. The van der Waals surface area contributed by atoms with Gasteiger partial charge in [0, 0.05) is 24.4 Å². The second-order valence-electron chi connectivity index (χ2n) is 6.16. The first-order valence-corrected chi connectivity index (χ1v) is 8.46. The second kappa shape index (κ2) is 6.60. The van der Waals surface area contributed by atoms with E-state index in [0.29, 0.717) is 18.3 Å². The van der Waals surface area contributed by atoms with Gasteiger partial charge in [-0.2, -0.15) is 0 Å². The van der Waals surface area contributed by atoms with Crippen molar-refractivity contribution in [3.63, 3.8) is 0 Å². The largest absolute Gasteiger partial charge is 0.492 e. The number of ether oxygens (including phenoxy) is 1. The highest BCUT2D eigenvalue weighted by atomic mass is 16.5. The summed E-state index contributed by atoms with van der Waals surface area (Å²) in [6, 6.07) is 7.95. The molecule has 1 aliphatic carbocycles. The Morgan fingerprint density at radius 1 is 1.16 bits per heavy atom. The first kappa shape index (κ1) is 15.7. The molecule has 7 heteroatoms. The van der Waals surface area contributed by atoms with Crippen molar-refractivity contribution in [2.24, 2.45) is 5.73 Å². The van der Waals surface area contributed by atoms with Crippen molar-refractivity contribution < 1.29 is 4.74 Å². The number of hydrogen-bond acceptors (Lipinski definition) is 6. The van der Waals surface area contributed by atoms with Crippen LogP contribution >= 0.6 is 0 Å². The van der Waals surface area contributed by atoms with E-state index in [1.54, 1.807) is 18.6 Å². The summed E-state index contributed by atoms with van der Waals surface area (Å²) in [6.07, 6.45) is 7.10. The Labute approximate surface area is 145 Å². The highest BCUT2D eigenvalue weighted by molar-refractivity contribution is 5.55. The first-order chi connectivity index (χ1) is 12.3. The predicted molar refractivity (Wildman–Crippen MR) is 93.5 cm³/mol. The summed E-state index contributed by atoms with van der Waals surface area (Å²) in [7, 11) is 0. The molecular weight excluding hydrogens is 316 g/mol. The summed E-state index contributed by atoms with van der Waals surface area (Å²) >= 11 is 0. The summed E-state index contributed by atoms with van der Waals surface area (Å²) in [4.78, 5) is 8.60. The highest BCUT2D eigenvalue weighted by Crippen LogP contribution is 2.37. The van der Waals surface area contributed by atoms with Gasteiger partial charge in [0.2, 0.25) is 0 Å². The van der Waals surface area contributed by atoms with Gasteiger partial charge in [0.05, 0.1) is 18.5 Å². The lowest BCUT2D eigenvalue weighted by Gasteiger charge is -2.31. The van der Waals surface area contributed by atoms with Crippen LogP contribution in [-0.4, -0.2) is 37.4 Å². The zero-order valence-corrected chi connectivity index (χ0v) is 14.0. The third-order valence-electron chi connectivity index (χ3n) is 4.43. The van der Waals surface area contributed by atoms with E-state index in [9.17, 15) is 0 Å². The Bertz CT molecular complexity index is 840. The molecule has 1 aliphatic rings. The molecule has 128 valence electrons. The lowest BCUT2D eigenvalue weighted by Crippen LogP contribution is -2.36. The molecular formula is C18H20N6O. The molecule has 2 N–H and O–H groups in total. The van der Waals surface area contributed by atoms with Gasteiger partial charge in [-0.05, 0) is 44.0 Å². The standard InChI is InChI=1S/C18H20N6O/c1-2-25-15-3-4-16(21-11-15)18-23-22-17(12-9-13(19)10-12)24(18)14-5-7-20-8-6-14/h3-8,11-13H,2,9-10,19H2,1H3/t12-,13-. The summed E-state index contributed by atoms with van der Waals surface area (Å²) in [5.41, 5.74) is 7.69. The molecule has 0 spiro atoms. The average Bonchev–Trinajstić information content (AvgIpc) is 3.05. The third kappa shape index (κ3) is 2.98. The normalized spacial score (nSPS) is 19.4. The monoisotopic (exact) mass is 336 g/mol. The Hall–Kier alpha value is -2.80. The Balaban J connectivity index is 1.77. The van der Waals surface area contributed by atoms with E-state index >= 15 is 0 Å². The third-order valence-corrected chi connectivity index (χ3v) is 4.43. The van der Waals surface area contributed by atoms with Crippen LogP contribution < -0.4 is 10.5 Å². The minimum Gasteiger partial charge on any atom is -0.492 e. The van der Waals surface area contributed by atoms with Gasteiger partial charge in [-0.3, -0.25) is 9.55 Å². The fourth-order valence-corrected chi connectivity index (χ4v) is 3.11. The van der Waals surface area contributed by atoms with Crippen molar-refractivity contribution in [2.45, 2.75) is 31.7 Å². The van der Waals surface area contributed by atoms with Crippen molar-refractivity contribution >= 4 is 0 Å². The van der Waals surface area contributed by atoms with Crippen LogP contribution in [0.15, 0.2) is 42.9 Å². The number of nitrogens with zero attached hydrogens (tertiary/aromatic N) is 5. The van der Waals surface area contributed by atoms with Gasteiger partial charge in [0.15, 0.2) is 5.82 Å². The van der Waals surface area contributed by atoms with Crippen LogP contribution in [0.25, 0.3) is 17.2 Å². The predicted octanol–water partition coefficient (Wildman–Crippen LogP) is 2.33. The van der Waals surface area contributed by atoms with E-state index in [0.717, 1.165) is 35.8 Å². The Morgan fingerprint density at radius 2 is 1.96 bits per heavy atom. The molecule has 0 amide bonds. The fraction of sp³-hybridized carbons (Fsp3) is 0.333. The quantitative estimate of drug-likeness (QED) is 0.769. The van der Waals surface area contributed by atoms with Gasteiger partial charge < -0.3 is 10.5 Å². The maximum atomic E-state index is 5.96. The fourth-order valence-electron chi connectivity index (χ4n) is 3.11. The maximum Gasteiger partial charge on any atom is 0.187 e. The number of pyridine rings is 2. The van der Waals surface area contributed by atoms with Gasteiger partial charge in [0.25, 0.3) is 0 Å². The summed E-state index contributed by atoms with van der Waals surface area (Å²) in [5.74, 6) is 2.71. The van der Waals surface area contributed by atoms with Gasteiger partial charge in [-0.15, -0.1) is 10.2 Å².